The second-order valence-electron chi connectivity index (χ2n) is 7.10. The summed E-state index contributed by atoms with van der Waals surface area (Å²) in [6.45, 7) is 3.58. The van der Waals surface area contributed by atoms with Crippen molar-refractivity contribution in [3.8, 4) is 11.5 Å². The number of benzene rings is 3. The largest absolute Gasteiger partial charge is 0.507 e. The van der Waals surface area contributed by atoms with E-state index in [0.717, 1.165) is 5.69 Å². The average molecular weight is 407 g/mol. The summed E-state index contributed by atoms with van der Waals surface area (Å²) in [5, 5.41) is 18.4. The number of carbonyl (C=O) groups is 1. The zero-order valence-corrected chi connectivity index (χ0v) is 17.2. The lowest BCUT2D eigenvalue weighted by molar-refractivity contribution is 0.0734. The van der Waals surface area contributed by atoms with Crippen LogP contribution in [0.1, 0.15) is 21.5 Å². The summed E-state index contributed by atoms with van der Waals surface area (Å²) >= 11 is 0. The van der Waals surface area contributed by atoms with Crippen molar-refractivity contribution in [3.63, 3.8) is 0 Å². The summed E-state index contributed by atoms with van der Waals surface area (Å²) < 4.78 is 18.4. The smallest absolute Gasteiger partial charge is 0.343 e. The van der Waals surface area contributed by atoms with Gasteiger partial charge in [-0.05, 0) is 79.6 Å². The number of anilines is 1. The fourth-order valence-corrected chi connectivity index (χ4v) is 2.80. The Morgan fingerprint density at radius 1 is 0.933 bits per heavy atom. The number of halogens is 1. The normalized spacial score (nSPS) is 11.0. The molecule has 0 atom stereocenters. The molecule has 0 bridgehead atoms. The van der Waals surface area contributed by atoms with E-state index in [1.165, 1.54) is 24.3 Å². The number of hydrogen-bond acceptors (Lipinski definition) is 6. The molecule has 0 spiro atoms. The van der Waals surface area contributed by atoms with Gasteiger partial charge in [-0.15, -0.1) is 0 Å². The summed E-state index contributed by atoms with van der Waals surface area (Å²) in [5.74, 6) is -0.519. The van der Waals surface area contributed by atoms with E-state index in [4.69, 9.17) is 4.74 Å². The lowest BCUT2D eigenvalue weighted by Crippen LogP contribution is -2.12. The highest BCUT2D eigenvalue weighted by molar-refractivity contribution is 5.93. The molecule has 30 heavy (non-hydrogen) atoms. The van der Waals surface area contributed by atoms with Crippen LogP contribution in [0.2, 0.25) is 0 Å². The molecule has 0 heterocycles. The zero-order chi connectivity index (χ0) is 21.8. The number of aryl methyl sites for hydroxylation is 2. The number of esters is 1. The molecule has 0 fully saturated rings. The number of ether oxygens (including phenoxy) is 1. The lowest BCUT2D eigenvalue weighted by Gasteiger charge is -2.14. The molecule has 0 amide bonds. The maximum atomic E-state index is 13.1. The summed E-state index contributed by atoms with van der Waals surface area (Å²) in [6.07, 6.45) is 0. The first kappa shape index (κ1) is 21.0. The van der Waals surface area contributed by atoms with E-state index in [9.17, 15) is 14.3 Å². The Balaban J connectivity index is 1.90. The molecule has 0 radical (unpaired) electrons. The number of carbonyl (C=O) groups excluding carboxylic acids is 1. The molecule has 0 aliphatic carbocycles. The Kier molecular flexibility index (Phi) is 6.11. The molecule has 0 aliphatic heterocycles. The van der Waals surface area contributed by atoms with E-state index < -0.39 is 11.8 Å². The van der Waals surface area contributed by atoms with E-state index >= 15 is 0 Å². The van der Waals surface area contributed by atoms with Crippen LogP contribution in [0.15, 0.2) is 64.8 Å². The van der Waals surface area contributed by atoms with Crippen LogP contribution in [-0.2, 0) is 0 Å². The SMILES string of the molecule is Cc1cc(N=Nc2cc(C(=O)Oc3ccc(F)cc3)cc(N(C)C)c2)cc(C)c1O. The summed E-state index contributed by atoms with van der Waals surface area (Å²) in [5.41, 5.74) is 3.50. The van der Waals surface area contributed by atoms with Crippen molar-refractivity contribution in [3.05, 3.63) is 77.1 Å². The number of phenols is 1. The molecule has 6 nitrogen and oxygen atoms in total. The van der Waals surface area contributed by atoms with E-state index in [-0.39, 0.29) is 17.1 Å². The van der Waals surface area contributed by atoms with Crippen LogP contribution in [0, 0.1) is 19.7 Å². The number of azo groups is 1. The predicted octanol–water partition coefficient (Wildman–Crippen LogP) is 5.85. The minimum atomic E-state index is -0.585. The summed E-state index contributed by atoms with van der Waals surface area (Å²) in [7, 11) is 3.69. The van der Waals surface area contributed by atoms with Crippen molar-refractivity contribution in [2.24, 2.45) is 10.2 Å². The topological polar surface area (TPSA) is 74.5 Å². The van der Waals surface area contributed by atoms with Gasteiger partial charge in [0.1, 0.15) is 17.3 Å². The number of phenolic OH excluding ortho intramolecular Hbond substituents is 1. The minimum absolute atomic E-state index is 0.231. The highest BCUT2D eigenvalue weighted by atomic mass is 19.1. The van der Waals surface area contributed by atoms with Crippen molar-refractivity contribution < 1.29 is 19.0 Å². The maximum absolute atomic E-state index is 13.1. The molecule has 7 heteroatoms. The van der Waals surface area contributed by atoms with Gasteiger partial charge in [0.2, 0.25) is 0 Å². The van der Waals surface area contributed by atoms with Gasteiger partial charge in [0, 0.05) is 19.8 Å². The van der Waals surface area contributed by atoms with Crippen molar-refractivity contribution in [1.82, 2.24) is 0 Å². The van der Waals surface area contributed by atoms with Crippen LogP contribution < -0.4 is 9.64 Å². The number of nitrogens with zero attached hydrogens (tertiary/aromatic N) is 3. The first-order chi connectivity index (χ1) is 14.2. The van der Waals surface area contributed by atoms with Crippen LogP contribution >= 0.6 is 0 Å². The molecule has 0 saturated carbocycles. The second kappa shape index (κ2) is 8.73. The molecule has 0 aliphatic rings. The fourth-order valence-electron chi connectivity index (χ4n) is 2.80. The third-order valence-corrected chi connectivity index (χ3v) is 4.44. The van der Waals surface area contributed by atoms with Gasteiger partial charge in [-0.1, -0.05) is 0 Å². The molecule has 3 rings (SSSR count). The van der Waals surface area contributed by atoms with Crippen LogP contribution in [0.25, 0.3) is 0 Å². The number of rotatable bonds is 5. The van der Waals surface area contributed by atoms with Crippen LogP contribution in [-0.4, -0.2) is 25.2 Å². The van der Waals surface area contributed by atoms with Crippen molar-refractivity contribution in [2.75, 3.05) is 19.0 Å². The molecule has 1 N–H and O–H groups in total. The molecular formula is C23H22FN3O3. The third kappa shape index (κ3) is 5.00. The Morgan fingerprint density at radius 3 is 2.07 bits per heavy atom. The highest BCUT2D eigenvalue weighted by Gasteiger charge is 2.13. The van der Waals surface area contributed by atoms with Gasteiger partial charge in [0.25, 0.3) is 0 Å². The molecular weight excluding hydrogens is 385 g/mol. The van der Waals surface area contributed by atoms with Crippen LogP contribution in [0.5, 0.6) is 11.5 Å². The molecule has 154 valence electrons. The van der Waals surface area contributed by atoms with Gasteiger partial charge >= 0.3 is 5.97 Å². The third-order valence-electron chi connectivity index (χ3n) is 4.44. The predicted molar refractivity (Wildman–Crippen MR) is 114 cm³/mol. The number of hydrogen-bond donors (Lipinski definition) is 1. The maximum Gasteiger partial charge on any atom is 0.343 e. The van der Waals surface area contributed by atoms with E-state index in [2.05, 4.69) is 10.2 Å². The molecule has 0 saturated heterocycles. The van der Waals surface area contributed by atoms with E-state index in [1.54, 1.807) is 44.2 Å². The Hall–Kier alpha value is -3.74. The van der Waals surface area contributed by atoms with Gasteiger partial charge in [-0.3, -0.25) is 0 Å². The second-order valence-corrected chi connectivity index (χ2v) is 7.10. The van der Waals surface area contributed by atoms with Gasteiger partial charge in [-0.2, -0.15) is 10.2 Å². The fraction of sp³-hybridized carbons (Fsp3) is 0.174. The Morgan fingerprint density at radius 2 is 1.50 bits per heavy atom. The number of aromatic hydroxyl groups is 1. The zero-order valence-electron chi connectivity index (χ0n) is 17.2. The van der Waals surface area contributed by atoms with Gasteiger partial charge in [0.05, 0.1) is 16.9 Å². The van der Waals surface area contributed by atoms with E-state index in [1.807, 2.05) is 19.0 Å². The Labute approximate surface area is 174 Å². The van der Waals surface area contributed by atoms with E-state index in [0.29, 0.717) is 22.5 Å². The lowest BCUT2D eigenvalue weighted by atomic mass is 10.1. The van der Waals surface area contributed by atoms with Gasteiger partial charge < -0.3 is 14.7 Å². The average Bonchev–Trinajstić information content (AvgIpc) is 2.71. The monoisotopic (exact) mass is 407 g/mol. The van der Waals surface area contributed by atoms with Crippen molar-refractivity contribution in [1.29, 1.82) is 0 Å². The molecule has 0 unspecified atom stereocenters. The highest BCUT2D eigenvalue weighted by Crippen LogP contribution is 2.30. The Bertz CT molecular complexity index is 1090. The summed E-state index contributed by atoms with van der Waals surface area (Å²) in [6, 6.07) is 13.7. The molecule has 3 aromatic rings. The quantitative estimate of drug-likeness (QED) is 0.327. The molecule has 3 aromatic carbocycles. The standard InChI is InChI=1S/C23H22FN3O3/c1-14-9-18(10-15(2)22(14)28)25-26-19-11-16(12-20(13-19)27(3)4)23(29)30-21-7-5-17(24)6-8-21/h5-13,28H,1-4H3. The van der Waals surface area contributed by atoms with Gasteiger partial charge in [0.15, 0.2) is 0 Å². The summed E-state index contributed by atoms with van der Waals surface area (Å²) in [4.78, 5) is 14.4. The van der Waals surface area contributed by atoms with Crippen LogP contribution in [0.4, 0.5) is 21.5 Å². The molecule has 0 aromatic heterocycles. The van der Waals surface area contributed by atoms with Gasteiger partial charge in [-0.25, -0.2) is 9.18 Å². The van der Waals surface area contributed by atoms with Crippen molar-refractivity contribution >= 4 is 23.0 Å². The first-order valence-electron chi connectivity index (χ1n) is 9.25. The first-order valence-corrected chi connectivity index (χ1v) is 9.25. The van der Waals surface area contributed by atoms with Crippen LogP contribution in [0.3, 0.4) is 0 Å². The minimum Gasteiger partial charge on any atom is -0.507 e. The van der Waals surface area contributed by atoms with Crippen molar-refractivity contribution in [2.45, 2.75) is 13.8 Å².